The molecule has 0 aliphatic heterocycles. The van der Waals surface area contributed by atoms with Gasteiger partial charge in [-0.2, -0.15) is 0 Å². The van der Waals surface area contributed by atoms with E-state index in [9.17, 15) is 0 Å². The molecule has 0 saturated heterocycles. The number of para-hydroxylation sites is 1. The molecule has 0 N–H and O–H groups in total. The molecule has 0 amide bonds. The number of anilines is 3. The lowest BCUT2D eigenvalue weighted by Gasteiger charge is -2.26. The van der Waals surface area contributed by atoms with Crippen LogP contribution in [0, 0.1) is 0 Å². The molecule has 3 heterocycles. The molecule has 0 unspecified atom stereocenters. The molecule has 0 aliphatic carbocycles. The molecule has 0 radical (unpaired) electrons. The second kappa shape index (κ2) is 11.9. The van der Waals surface area contributed by atoms with Crippen molar-refractivity contribution in [2.45, 2.75) is 0 Å². The van der Waals surface area contributed by atoms with Gasteiger partial charge in [-0.15, -0.1) is 0 Å². The van der Waals surface area contributed by atoms with Crippen molar-refractivity contribution in [3.05, 3.63) is 182 Å². The number of oxazole rings is 1. The maximum Gasteiger partial charge on any atom is 0.227 e. The smallest absolute Gasteiger partial charge is 0.227 e. The zero-order chi connectivity index (χ0) is 36.7. The van der Waals surface area contributed by atoms with Crippen LogP contribution in [0.2, 0.25) is 0 Å². The summed E-state index contributed by atoms with van der Waals surface area (Å²) in [5, 5.41) is 8.65. The summed E-state index contributed by atoms with van der Waals surface area (Å²) in [5.41, 5.74) is 11.2. The van der Waals surface area contributed by atoms with Crippen LogP contribution in [0.3, 0.4) is 0 Å². The lowest BCUT2D eigenvalue weighted by atomic mass is 9.99. The number of fused-ring (bicyclic) bond motifs is 11. The second-order valence-corrected chi connectivity index (χ2v) is 14.3. The van der Waals surface area contributed by atoms with E-state index in [0.29, 0.717) is 5.89 Å². The fourth-order valence-electron chi connectivity index (χ4n) is 8.46. The maximum atomic E-state index is 6.65. The van der Waals surface area contributed by atoms with Gasteiger partial charge in [0.05, 0.1) is 0 Å². The molecule has 3 aromatic heterocycles. The SMILES string of the molecule is c1ccc(-c2nc3ccc4ccc5ccc(N(c6ccc7c(c6)oc6cccc(-c8ccccc8)c67)c6ccc7oc8ccccc8c7c6)cc5c4c3o2)cc1. The van der Waals surface area contributed by atoms with Gasteiger partial charge in [0.15, 0.2) is 5.58 Å². The molecule has 0 atom stereocenters. The Kier molecular flexibility index (Phi) is 6.56. The van der Waals surface area contributed by atoms with Crippen LogP contribution in [-0.2, 0) is 0 Å². The predicted molar refractivity (Wildman–Crippen MR) is 229 cm³/mol. The molecule has 12 rings (SSSR count). The first-order chi connectivity index (χ1) is 27.7. The number of rotatable bonds is 5. The summed E-state index contributed by atoms with van der Waals surface area (Å²) in [6, 6.07) is 63.3. The van der Waals surface area contributed by atoms with Gasteiger partial charge in [-0.25, -0.2) is 4.98 Å². The molecule has 262 valence electrons. The summed E-state index contributed by atoms with van der Waals surface area (Å²) >= 11 is 0. The molecule has 0 saturated carbocycles. The first kappa shape index (κ1) is 30.8. The van der Waals surface area contributed by atoms with Crippen molar-refractivity contribution in [2.75, 3.05) is 4.90 Å². The van der Waals surface area contributed by atoms with Crippen molar-refractivity contribution in [3.63, 3.8) is 0 Å². The van der Waals surface area contributed by atoms with Gasteiger partial charge in [-0.05, 0) is 100 Å². The number of hydrogen-bond acceptors (Lipinski definition) is 5. The van der Waals surface area contributed by atoms with Crippen LogP contribution in [0.4, 0.5) is 17.1 Å². The third kappa shape index (κ3) is 4.71. The van der Waals surface area contributed by atoms with E-state index < -0.39 is 0 Å². The molecule has 0 spiro atoms. The highest BCUT2D eigenvalue weighted by Crippen LogP contribution is 2.44. The molecule has 12 aromatic rings. The standard InChI is InChI=1S/C51H30N2O3/c1-3-10-31(11-4-1)38-15-9-17-46-49(38)40-25-23-37(30-47(40)55-46)53(36-24-27-45-42(29-36)39-14-7-8-16-44(39)54-45)35-22-20-32-18-19-33-21-26-43-50(48(33)41(32)28-35)56-51(52-43)34-12-5-2-6-13-34/h1-30H. The topological polar surface area (TPSA) is 55.6 Å². The number of hydrogen-bond donors (Lipinski definition) is 0. The Morgan fingerprint density at radius 3 is 1.89 bits per heavy atom. The third-order valence-electron chi connectivity index (χ3n) is 11.1. The molecule has 0 bridgehead atoms. The van der Waals surface area contributed by atoms with Crippen LogP contribution < -0.4 is 4.90 Å². The highest BCUT2D eigenvalue weighted by molar-refractivity contribution is 6.19. The number of nitrogens with zero attached hydrogens (tertiary/aromatic N) is 2. The van der Waals surface area contributed by atoms with E-state index in [1.165, 1.54) is 0 Å². The van der Waals surface area contributed by atoms with Crippen molar-refractivity contribution >= 4 is 93.6 Å². The minimum atomic E-state index is 0.609. The maximum absolute atomic E-state index is 6.65. The van der Waals surface area contributed by atoms with E-state index in [2.05, 4.69) is 132 Å². The van der Waals surface area contributed by atoms with Crippen LogP contribution in [0.15, 0.2) is 195 Å². The second-order valence-electron chi connectivity index (χ2n) is 14.3. The zero-order valence-corrected chi connectivity index (χ0v) is 29.9. The van der Waals surface area contributed by atoms with Crippen LogP contribution in [0.1, 0.15) is 0 Å². The number of benzene rings is 9. The van der Waals surface area contributed by atoms with E-state index >= 15 is 0 Å². The van der Waals surface area contributed by atoms with Gasteiger partial charge >= 0.3 is 0 Å². The van der Waals surface area contributed by atoms with E-state index in [1.54, 1.807) is 0 Å². The zero-order valence-electron chi connectivity index (χ0n) is 29.9. The van der Waals surface area contributed by atoms with Crippen LogP contribution in [0.25, 0.3) is 99.1 Å². The Morgan fingerprint density at radius 1 is 0.375 bits per heavy atom. The Bertz CT molecular complexity index is 3490. The first-order valence-corrected chi connectivity index (χ1v) is 18.8. The van der Waals surface area contributed by atoms with Gasteiger partial charge in [0, 0.05) is 55.6 Å². The highest BCUT2D eigenvalue weighted by atomic mass is 16.3. The number of aromatic nitrogens is 1. The van der Waals surface area contributed by atoms with Gasteiger partial charge < -0.3 is 18.2 Å². The minimum absolute atomic E-state index is 0.609. The van der Waals surface area contributed by atoms with Gasteiger partial charge in [-0.1, -0.05) is 103 Å². The summed E-state index contributed by atoms with van der Waals surface area (Å²) in [5.74, 6) is 0.609. The Hall–Kier alpha value is -7.63. The summed E-state index contributed by atoms with van der Waals surface area (Å²) in [4.78, 5) is 7.22. The van der Waals surface area contributed by atoms with E-state index in [0.717, 1.165) is 110 Å². The monoisotopic (exact) mass is 718 g/mol. The minimum Gasteiger partial charge on any atom is -0.456 e. The van der Waals surface area contributed by atoms with Crippen LogP contribution in [-0.4, -0.2) is 4.98 Å². The summed E-state index contributed by atoms with van der Waals surface area (Å²) in [6.07, 6.45) is 0. The van der Waals surface area contributed by atoms with Gasteiger partial charge in [-0.3, -0.25) is 0 Å². The Morgan fingerprint density at radius 2 is 1.02 bits per heavy atom. The largest absolute Gasteiger partial charge is 0.456 e. The van der Waals surface area contributed by atoms with Crippen LogP contribution >= 0.6 is 0 Å². The lowest BCUT2D eigenvalue weighted by molar-refractivity contribution is 0.623. The van der Waals surface area contributed by atoms with Crippen molar-refractivity contribution < 1.29 is 13.3 Å². The van der Waals surface area contributed by atoms with Crippen molar-refractivity contribution in [3.8, 4) is 22.6 Å². The normalized spacial score (nSPS) is 11.9. The average molecular weight is 719 g/mol. The van der Waals surface area contributed by atoms with Gasteiger partial charge in [0.1, 0.15) is 27.8 Å². The molecular weight excluding hydrogens is 689 g/mol. The fraction of sp³-hybridized carbons (Fsp3) is 0. The summed E-state index contributed by atoms with van der Waals surface area (Å²) in [7, 11) is 0. The molecule has 56 heavy (non-hydrogen) atoms. The molecular formula is C51H30N2O3. The molecule has 9 aromatic carbocycles. The molecule has 0 aliphatic rings. The lowest BCUT2D eigenvalue weighted by Crippen LogP contribution is -2.09. The Labute approximate surface area is 320 Å². The van der Waals surface area contributed by atoms with Crippen molar-refractivity contribution in [2.24, 2.45) is 0 Å². The van der Waals surface area contributed by atoms with Gasteiger partial charge in [0.25, 0.3) is 0 Å². The number of furan rings is 2. The predicted octanol–water partition coefficient (Wildman–Crippen LogP) is 14.7. The average Bonchev–Trinajstić information content (AvgIpc) is 3.97. The molecule has 5 nitrogen and oxygen atoms in total. The Balaban J connectivity index is 1.10. The molecule has 5 heteroatoms. The summed E-state index contributed by atoms with van der Waals surface area (Å²) < 4.78 is 19.5. The van der Waals surface area contributed by atoms with E-state index in [1.807, 2.05) is 54.6 Å². The molecule has 0 fully saturated rings. The fourth-order valence-corrected chi connectivity index (χ4v) is 8.46. The quantitative estimate of drug-likeness (QED) is 0.166. The first-order valence-electron chi connectivity index (χ1n) is 18.8. The highest BCUT2D eigenvalue weighted by Gasteiger charge is 2.21. The van der Waals surface area contributed by atoms with Crippen molar-refractivity contribution in [1.82, 2.24) is 4.98 Å². The van der Waals surface area contributed by atoms with Crippen molar-refractivity contribution in [1.29, 1.82) is 0 Å². The summed E-state index contributed by atoms with van der Waals surface area (Å²) in [6.45, 7) is 0. The third-order valence-corrected chi connectivity index (χ3v) is 11.1. The van der Waals surface area contributed by atoms with E-state index in [-0.39, 0.29) is 0 Å². The van der Waals surface area contributed by atoms with Crippen LogP contribution in [0.5, 0.6) is 0 Å². The van der Waals surface area contributed by atoms with Gasteiger partial charge in [0.2, 0.25) is 5.89 Å². The van der Waals surface area contributed by atoms with E-state index in [4.69, 9.17) is 18.2 Å².